The van der Waals surface area contributed by atoms with Gasteiger partial charge in [0.1, 0.15) is 12.4 Å². The van der Waals surface area contributed by atoms with Crippen LogP contribution in [0.4, 0.5) is 5.69 Å². The lowest BCUT2D eigenvalue weighted by Crippen LogP contribution is -2.19. The molecule has 35 heavy (non-hydrogen) atoms. The number of aliphatic imine (C=N–C) groups is 1. The van der Waals surface area contributed by atoms with Gasteiger partial charge in [-0.2, -0.15) is 0 Å². The molecule has 6 nitrogen and oxygen atoms in total. The van der Waals surface area contributed by atoms with Crippen LogP contribution in [0.15, 0.2) is 64.5 Å². The third-order valence-electron chi connectivity index (χ3n) is 5.46. The zero-order chi connectivity index (χ0) is 25.1. The van der Waals surface area contributed by atoms with E-state index in [1.54, 1.807) is 12.1 Å². The predicted octanol–water partition coefficient (Wildman–Crippen LogP) is 6.43. The number of halogens is 1. The molecule has 1 heterocycles. The second-order valence-corrected chi connectivity index (χ2v) is 9.62. The molecule has 0 saturated carbocycles. The highest BCUT2D eigenvalue weighted by molar-refractivity contribution is 8.18. The highest BCUT2D eigenvalue weighted by Gasteiger charge is 2.24. The lowest BCUT2D eigenvalue weighted by molar-refractivity contribution is -0.115. The molecule has 0 aromatic heterocycles. The number of rotatable bonds is 6. The molecule has 1 saturated heterocycles. The summed E-state index contributed by atoms with van der Waals surface area (Å²) in [5, 5.41) is 12.4. The Morgan fingerprint density at radius 1 is 1.09 bits per heavy atom. The summed E-state index contributed by atoms with van der Waals surface area (Å²) in [6, 6.07) is 16.3. The van der Waals surface area contributed by atoms with Crippen LogP contribution in [-0.4, -0.2) is 22.2 Å². The van der Waals surface area contributed by atoms with Gasteiger partial charge in [0, 0.05) is 0 Å². The highest BCUT2D eigenvalue weighted by atomic mass is 35.5. The fourth-order valence-electron chi connectivity index (χ4n) is 3.75. The number of carboxylic acids is 1. The van der Waals surface area contributed by atoms with Crippen molar-refractivity contribution in [3.8, 4) is 5.75 Å². The van der Waals surface area contributed by atoms with Gasteiger partial charge in [-0.05, 0) is 91.2 Å². The van der Waals surface area contributed by atoms with Gasteiger partial charge in [0.15, 0.2) is 5.17 Å². The van der Waals surface area contributed by atoms with Gasteiger partial charge in [0.05, 0.1) is 21.2 Å². The molecule has 0 radical (unpaired) electrons. The van der Waals surface area contributed by atoms with Gasteiger partial charge in [-0.3, -0.25) is 4.79 Å². The SMILES string of the molecule is Cc1cc(C)c(COc2ccc(/C=C3\SC(=Nc4ccc(Cl)c(C(=O)O)c4)NC3=O)cc2)c(C)c1. The van der Waals surface area contributed by atoms with E-state index in [0.717, 1.165) is 11.3 Å². The standard InChI is InChI=1S/C27H23ClN2O4S/c1-15-10-16(2)22(17(3)11-15)14-34-20-7-4-18(5-8-20)12-24-25(31)30-27(35-24)29-19-6-9-23(28)21(13-19)26(32)33/h4-13H,14H2,1-3H3,(H,32,33)(H,29,30,31)/b24-12-. The van der Waals surface area contributed by atoms with Crippen molar-refractivity contribution in [2.45, 2.75) is 27.4 Å². The van der Waals surface area contributed by atoms with E-state index >= 15 is 0 Å². The van der Waals surface area contributed by atoms with E-state index in [0.29, 0.717) is 22.4 Å². The molecule has 178 valence electrons. The minimum atomic E-state index is -1.14. The number of ether oxygens (including phenoxy) is 1. The maximum Gasteiger partial charge on any atom is 0.337 e. The average Bonchev–Trinajstić information content (AvgIpc) is 3.13. The minimum Gasteiger partial charge on any atom is -0.489 e. The average molecular weight is 507 g/mol. The Hall–Kier alpha value is -3.55. The molecule has 1 amide bonds. The lowest BCUT2D eigenvalue weighted by atomic mass is 10.0. The van der Waals surface area contributed by atoms with E-state index in [9.17, 15) is 14.7 Å². The number of carbonyl (C=O) groups excluding carboxylic acids is 1. The number of aromatic carboxylic acids is 1. The quantitative estimate of drug-likeness (QED) is 0.376. The normalized spacial score (nSPS) is 15.5. The third-order valence-corrected chi connectivity index (χ3v) is 6.70. The molecule has 8 heteroatoms. The summed E-state index contributed by atoms with van der Waals surface area (Å²) in [7, 11) is 0. The first kappa shape index (κ1) is 24.6. The maximum absolute atomic E-state index is 12.4. The number of amides is 1. The Morgan fingerprint density at radius 2 is 1.77 bits per heavy atom. The number of nitrogens with zero attached hydrogens (tertiary/aromatic N) is 1. The first-order valence-electron chi connectivity index (χ1n) is 10.8. The monoisotopic (exact) mass is 506 g/mol. The summed E-state index contributed by atoms with van der Waals surface area (Å²) >= 11 is 7.09. The van der Waals surface area contributed by atoms with Crippen molar-refractivity contribution in [1.82, 2.24) is 5.32 Å². The molecule has 0 bridgehead atoms. The molecule has 1 aliphatic heterocycles. The molecule has 3 aromatic carbocycles. The minimum absolute atomic E-state index is 0.0476. The number of amidine groups is 1. The van der Waals surface area contributed by atoms with Gasteiger partial charge in [0.25, 0.3) is 5.91 Å². The number of hydrogen-bond donors (Lipinski definition) is 2. The molecular weight excluding hydrogens is 484 g/mol. The fourth-order valence-corrected chi connectivity index (χ4v) is 4.79. The van der Waals surface area contributed by atoms with Crippen LogP contribution in [0.25, 0.3) is 6.08 Å². The smallest absolute Gasteiger partial charge is 0.337 e. The zero-order valence-corrected chi connectivity index (χ0v) is 21.0. The first-order chi connectivity index (χ1) is 16.7. The molecule has 1 fully saturated rings. The Bertz CT molecular complexity index is 1360. The van der Waals surface area contributed by atoms with Crippen LogP contribution >= 0.6 is 23.4 Å². The van der Waals surface area contributed by atoms with Crippen molar-refractivity contribution >= 4 is 52.2 Å². The fraction of sp³-hybridized carbons (Fsp3) is 0.148. The van der Waals surface area contributed by atoms with Crippen LogP contribution in [0.2, 0.25) is 5.02 Å². The number of carbonyl (C=O) groups is 2. The van der Waals surface area contributed by atoms with E-state index in [1.807, 2.05) is 24.3 Å². The molecule has 0 atom stereocenters. The van der Waals surface area contributed by atoms with E-state index in [2.05, 4.69) is 43.2 Å². The summed E-state index contributed by atoms with van der Waals surface area (Å²) in [4.78, 5) is 28.5. The number of hydrogen-bond acceptors (Lipinski definition) is 5. The molecule has 0 spiro atoms. The Labute approximate surface area is 212 Å². The maximum atomic E-state index is 12.4. The summed E-state index contributed by atoms with van der Waals surface area (Å²) < 4.78 is 5.98. The largest absolute Gasteiger partial charge is 0.489 e. The van der Waals surface area contributed by atoms with Gasteiger partial charge in [0.2, 0.25) is 0 Å². The van der Waals surface area contributed by atoms with Crippen LogP contribution in [0.3, 0.4) is 0 Å². The molecule has 3 aromatic rings. The second-order valence-electron chi connectivity index (χ2n) is 8.19. The summed E-state index contributed by atoms with van der Waals surface area (Å²) in [6.07, 6.45) is 1.77. The topological polar surface area (TPSA) is 88.0 Å². The zero-order valence-electron chi connectivity index (χ0n) is 19.4. The molecule has 4 rings (SSSR count). The molecule has 1 aliphatic rings. The van der Waals surface area contributed by atoms with E-state index in [1.165, 1.54) is 46.1 Å². The Kier molecular flexibility index (Phi) is 7.28. The van der Waals surface area contributed by atoms with Crippen LogP contribution in [0, 0.1) is 20.8 Å². The van der Waals surface area contributed by atoms with Gasteiger partial charge in [-0.15, -0.1) is 0 Å². The van der Waals surface area contributed by atoms with Crippen LogP contribution in [0.1, 0.15) is 38.2 Å². The Balaban J connectivity index is 1.44. The van der Waals surface area contributed by atoms with Crippen molar-refractivity contribution in [3.05, 3.63) is 97.9 Å². The summed E-state index contributed by atoms with van der Waals surface area (Å²) in [6.45, 7) is 6.76. The van der Waals surface area contributed by atoms with Crippen LogP contribution in [-0.2, 0) is 11.4 Å². The predicted molar refractivity (Wildman–Crippen MR) is 141 cm³/mol. The molecular formula is C27H23ClN2O4S. The number of nitrogens with one attached hydrogen (secondary N) is 1. The summed E-state index contributed by atoms with van der Waals surface area (Å²) in [5.74, 6) is -0.668. The first-order valence-corrected chi connectivity index (χ1v) is 12.0. The molecule has 2 N–H and O–H groups in total. The number of thioether (sulfide) groups is 1. The van der Waals surface area contributed by atoms with Crippen LogP contribution in [0.5, 0.6) is 5.75 Å². The number of aryl methyl sites for hydroxylation is 3. The van der Waals surface area contributed by atoms with Crippen LogP contribution < -0.4 is 10.1 Å². The van der Waals surface area contributed by atoms with Crippen molar-refractivity contribution in [3.63, 3.8) is 0 Å². The van der Waals surface area contributed by atoms with Crippen molar-refractivity contribution in [1.29, 1.82) is 0 Å². The van der Waals surface area contributed by atoms with E-state index < -0.39 is 5.97 Å². The van der Waals surface area contributed by atoms with Crippen molar-refractivity contribution < 1.29 is 19.4 Å². The van der Waals surface area contributed by atoms with Crippen molar-refractivity contribution in [2.75, 3.05) is 0 Å². The molecule has 0 aliphatic carbocycles. The van der Waals surface area contributed by atoms with Gasteiger partial charge >= 0.3 is 5.97 Å². The van der Waals surface area contributed by atoms with Gasteiger partial charge in [-0.1, -0.05) is 41.4 Å². The van der Waals surface area contributed by atoms with Gasteiger partial charge in [-0.25, -0.2) is 9.79 Å². The van der Waals surface area contributed by atoms with E-state index in [-0.39, 0.29) is 16.5 Å². The van der Waals surface area contributed by atoms with Gasteiger partial charge < -0.3 is 15.2 Å². The summed E-state index contributed by atoms with van der Waals surface area (Å²) in [5.41, 5.74) is 6.03. The van der Waals surface area contributed by atoms with Crippen molar-refractivity contribution in [2.24, 2.45) is 4.99 Å². The number of carboxylic acid groups (broad SMARTS) is 1. The highest BCUT2D eigenvalue weighted by Crippen LogP contribution is 2.30. The Morgan fingerprint density at radius 3 is 2.43 bits per heavy atom. The second kappa shape index (κ2) is 10.4. The third kappa shape index (κ3) is 5.93. The molecule has 0 unspecified atom stereocenters. The number of benzene rings is 3. The lowest BCUT2D eigenvalue weighted by Gasteiger charge is -2.13. The van der Waals surface area contributed by atoms with E-state index in [4.69, 9.17) is 16.3 Å².